The molecule has 0 bridgehead atoms. The van der Waals surface area contributed by atoms with Gasteiger partial charge < -0.3 is 14.8 Å². The van der Waals surface area contributed by atoms with Crippen LogP contribution in [-0.4, -0.2) is 27.5 Å². The summed E-state index contributed by atoms with van der Waals surface area (Å²) in [5.41, 5.74) is 0.457. The minimum atomic E-state index is -3.89. The van der Waals surface area contributed by atoms with Crippen molar-refractivity contribution in [1.29, 1.82) is 0 Å². The molecule has 10 heteroatoms. The minimum absolute atomic E-state index is 0.0109. The van der Waals surface area contributed by atoms with E-state index in [0.717, 1.165) is 6.07 Å². The molecule has 7 nitrogen and oxygen atoms in total. The molecule has 0 unspecified atom stereocenters. The Balaban J connectivity index is 1.47. The van der Waals surface area contributed by atoms with Crippen molar-refractivity contribution >= 4 is 38.9 Å². The second-order valence-electron chi connectivity index (χ2n) is 6.57. The highest BCUT2D eigenvalue weighted by Gasteiger charge is 2.20. The number of hydrogen-bond donors (Lipinski definition) is 2. The van der Waals surface area contributed by atoms with E-state index in [1.54, 1.807) is 0 Å². The fraction of sp³-hybridized carbons (Fsp3) is 0.0952. The van der Waals surface area contributed by atoms with E-state index in [4.69, 9.17) is 21.1 Å². The highest BCUT2D eigenvalue weighted by atomic mass is 35.5. The zero-order valence-corrected chi connectivity index (χ0v) is 17.5. The van der Waals surface area contributed by atoms with Crippen molar-refractivity contribution in [3.63, 3.8) is 0 Å². The number of halogens is 2. The molecule has 2 N–H and O–H groups in total. The standard InChI is InChI=1S/C21H16ClFN2O5S/c22-14-3-7-18(17(23)11-14)24-21(26)13-1-4-15(5-2-13)25-31(27,28)16-6-8-19-20(12-16)30-10-9-29-19/h1-8,11-12,25H,9-10H2,(H,24,26). The van der Waals surface area contributed by atoms with Crippen LogP contribution in [0.5, 0.6) is 11.5 Å². The van der Waals surface area contributed by atoms with Gasteiger partial charge in [-0.05, 0) is 54.6 Å². The number of benzene rings is 3. The van der Waals surface area contributed by atoms with Gasteiger partial charge in [0.2, 0.25) is 0 Å². The molecular weight excluding hydrogens is 447 g/mol. The van der Waals surface area contributed by atoms with Crippen LogP contribution in [-0.2, 0) is 10.0 Å². The normalized spacial score (nSPS) is 12.8. The molecule has 1 amide bonds. The van der Waals surface area contributed by atoms with Crippen LogP contribution < -0.4 is 19.5 Å². The Morgan fingerprint density at radius 2 is 1.65 bits per heavy atom. The Kier molecular flexibility index (Phi) is 5.71. The molecule has 0 saturated heterocycles. The van der Waals surface area contributed by atoms with Crippen molar-refractivity contribution in [3.8, 4) is 11.5 Å². The van der Waals surface area contributed by atoms with Gasteiger partial charge in [-0.15, -0.1) is 0 Å². The molecule has 0 radical (unpaired) electrons. The maximum Gasteiger partial charge on any atom is 0.262 e. The first kappa shape index (κ1) is 21.0. The molecule has 31 heavy (non-hydrogen) atoms. The largest absolute Gasteiger partial charge is 0.486 e. The van der Waals surface area contributed by atoms with E-state index in [2.05, 4.69) is 10.0 Å². The van der Waals surface area contributed by atoms with Crippen LogP contribution in [0.2, 0.25) is 5.02 Å². The first-order valence-electron chi connectivity index (χ1n) is 9.11. The van der Waals surface area contributed by atoms with Crippen LogP contribution in [0, 0.1) is 5.82 Å². The Morgan fingerprint density at radius 1 is 0.935 bits per heavy atom. The van der Waals surface area contributed by atoms with Gasteiger partial charge in [-0.1, -0.05) is 11.6 Å². The number of rotatable bonds is 5. The lowest BCUT2D eigenvalue weighted by molar-refractivity contribution is 0.102. The zero-order valence-electron chi connectivity index (χ0n) is 15.9. The van der Waals surface area contributed by atoms with E-state index in [-0.39, 0.29) is 26.9 Å². The van der Waals surface area contributed by atoms with E-state index in [1.165, 1.54) is 54.6 Å². The number of carbonyl (C=O) groups is 1. The number of fused-ring (bicyclic) bond motifs is 1. The molecule has 0 spiro atoms. The quantitative estimate of drug-likeness (QED) is 0.589. The number of sulfonamides is 1. The first-order chi connectivity index (χ1) is 14.8. The Bertz CT molecular complexity index is 1250. The van der Waals surface area contributed by atoms with Crippen molar-refractivity contribution < 1.29 is 27.1 Å². The van der Waals surface area contributed by atoms with Gasteiger partial charge in [0.15, 0.2) is 11.5 Å². The molecule has 0 fully saturated rings. The molecule has 0 atom stereocenters. The molecule has 4 rings (SSSR count). The first-order valence-corrected chi connectivity index (χ1v) is 11.0. The second-order valence-corrected chi connectivity index (χ2v) is 8.69. The van der Waals surface area contributed by atoms with Gasteiger partial charge in [-0.3, -0.25) is 9.52 Å². The monoisotopic (exact) mass is 462 g/mol. The fourth-order valence-electron chi connectivity index (χ4n) is 2.88. The van der Waals surface area contributed by atoms with Gasteiger partial charge in [0.05, 0.1) is 10.6 Å². The number of anilines is 2. The summed E-state index contributed by atoms with van der Waals surface area (Å²) < 4.78 is 52.5. The molecule has 0 saturated carbocycles. The highest BCUT2D eigenvalue weighted by Crippen LogP contribution is 2.32. The van der Waals surface area contributed by atoms with Crippen molar-refractivity contribution in [3.05, 3.63) is 77.1 Å². The molecule has 0 aliphatic carbocycles. The van der Waals surface area contributed by atoms with Crippen LogP contribution in [0.15, 0.2) is 65.6 Å². The summed E-state index contributed by atoms with van der Waals surface area (Å²) >= 11 is 5.70. The molecule has 1 aliphatic rings. The summed E-state index contributed by atoms with van der Waals surface area (Å²) in [7, 11) is -3.89. The summed E-state index contributed by atoms with van der Waals surface area (Å²) in [5, 5.41) is 2.65. The fourth-order valence-corrected chi connectivity index (χ4v) is 4.11. The van der Waals surface area contributed by atoms with Crippen LogP contribution in [0.25, 0.3) is 0 Å². The zero-order chi connectivity index (χ0) is 22.0. The molecular formula is C21H16ClFN2O5S. The van der Waals surface area contributed by atoms with Gasteiger partial charge in [0, 0.05) is 22.3 Å². The van der Waals surface area contributed by atoms with Gasteiger partial charge in [0.1, 0.15) is 19.0 Å². The van der Waals surface area contributed by atoms with Crippen molar-refractivity contribution in [1.82, 2.24) is 0 Å². The average Bonchev–Trinajstić information content (AvgIpc) is 2.75. The van der Waals surface area contributed by atoms with E-state index in [0.29, 0.717) is 24.7 Å². The third-order valence-corrected chi connectivity index (χ3v) is 6.02. The smallest absolute Gasteiger partial charge is 0.262 e. The topological polar surface area (TPSA) is 93.7 Å². The summed E-state index contributed by atoms with van der Waals surface area (Å²) in [4.78, 5) is 12.3. The predicted molar refractivity (Wildman–Crippen MR) is 114 cm³/mol. The predicted octanol–water partition coefficient (Wildman–Crippen LogP) is 4.30. The lowest BCUT2D eigenvalue weighted by Gasteiger charge is -2.19. The van der Waals surface area contributed by atoms with E-state index in [1.807, 2.05) is 0 Å². The van der Waals surface area contributed by atoms with E-state index < -0.39 is 21.7 Å². The van der Waals surface area contributed by atoms with Crippen LogP contribution in [0.1, 0.15) is 10.4 Å². The van der Waals surface area contributed by atoms with E-state index in [9.17, 15) is 17.6 Å². The van der Waals surface area contributed by atoms with Gasteiger partial charge in [-0.2, -0.15) is 0 Å². The summed E-state index contributed by atoms with van der Waals surface area (Å²) in [6, 6.07) is 13.9. The SMILES string of the molecule is O=C(Nc1ccc(Cl)cc1F)c1ccc(NS(=O)(=O)c2ccc3c(c2)OCCO3)cc1. The summed E-state index contributed by atoms with van der Waals surface area (Å²) in [5.74, 6) is -0.375. The molecule has 1 heterocycles. The Hall–Kier alpha value is -3.30. The van der Waals surface area contributed by atoms with Crippen molar-refractivity contribution in [2.45, 2.75) is 4.90 Å². The maximum absolute atomic E-state index is 13.9. The van der Waals surface area contributed by atoms with Crippen molar-refractivity contribution in [2.24, 2.45) is 0 Å². The molecule has 3 aromatic carbocycles. The highest BCUT2D eigenvalue weighted by molar-refractivity contribution is 7.92. The van der Waals surface area contributed by atoms with Crippen LogP contribution in [0.3, 0.4) is 0 Å². The summed E-state index contributed by atoms with van der Waals surface area (Å²) in [6.07, 6.45) is 0. The lowest BCUT2D eigenvalue weighted by Crippen LogP contribution is -2.17. The Labute approximate surface area is 182 Å². The molecule has 3 aromatic rings. The minimum Gasteiger partial charge on any atom is -0.486 e. The lowest BCUT2D eigenvalue weighted by atomic mass is 10.2. The molecule has 160 valence electrons. The third-order valence-electron chi connectivity index (χ3n) is 4.40. The van der Waals surface area contributed by atoms with Crippen LogP contribution in [0.4, 0.5) is 15.8 Å². The third kappa shape index (κ3) is 4.73. The number of nitrogens with one attached hydrogen (secondary N) is 2. The van der Waals surface area contributed by atoms with Gasteiger partial charge >= 0.3 is 0 Å². The molecule has 0 aromatic heterocycles. The second kappa shape index (κ2) is 8.44. The number of amides is 1. The van der Waals surface area contributed by atoms with Crippen LogP contribution >= 0.6 is 11.6 Å². The number of hydrogen-bond acceptors (Lipinski definition) is 5. The van der Waals surface area contributed by atoms with Gasteiger partial charge in [-0.25, -0.2) is 12.8 Å². The summed E-state index contributed by atoms with van der Waals surface area (Å²) in [6.45, 7) is 0.745. The number of ether oxygens (including phenoxy) is 2. The van der Waals surface area contributed by atoms with E-state index >= 15 is 0 Å². The van der Waals surface area contributed by atoms with Gasteiger partial charge in [0.25, 0.3) is 15.9 Å². The van der Waals surface area contributed by atoms with Crippen molar-refractivity contribution in [2.75, 3.05) is 23.3 Å². The maximum atomic E-state index is 13.9. The Morgan fingerprint density at radius 3 is 2.35 bits per heavy atom. The number of carbonyl (C=O) groups excluding carboxylic acids is 1. The molecule has 1 aliphatic heterocycles. The average molecular weight is 463 g/mol.